The van der Waals surface area contributed by atoms with Crippen LogP contribution in [0.5, 0.6) is 0 Å². The number of unbranched alkanes of at least 4 members (excludes halogenated alkanes) is 12. The van der Waals surface area contributed by atoms with Crippen LogP contribution >= 0.6 is 0 Å². The first-order valence-electron chi connectivity index (χ1n) is 12.1. The third kappa shape index (κ3) is 23.4. The Bertz CT molecular complexity index is 307. The third-order valence-corrected chi connectivity index (χ3v) is 4.94. The van der Waals surface area contributed by atoms with Crippen LogP contribution in [0.25, 0.3) is 0 Å². The Morgan fingerprint density at radius 3 is 1.46 bits per heavy atom. The summed E-state index contributed by atoms with van der Waals surface area (Å²) < 4.78 is 16.4. The molecule has 0 bridgehead atoms. The number of carbonyl (C=O) groups is 1. The molecule has 4 heteroatoms. The van der Waals surface area contributed by atoms with E-state index in [1.165, 1.54) is 70.6 Å². The molecule has 0 aliphatic rings. The molecule has 0 aromatic heterocycles. The highest BCUT2D eigenvalue weighted by Crippen LogP contribution is 2.08. The van der Waals surface area contributed by atoms with Crippen molar-refractivity contribution in [2.24, 2.45) is 0 Å². The summed E-state index contributed by atoms with van der Waals surface area (Å²) in [5, 5.41) is 0. The van der Waals surface area contributed by atoms with Crippen molar-refractivity contribution in [2.45, 2.75) is 117 Å². The van der Waals surface area contributed by atoms with Crippen molar-refractivity contribution in [1.29, 1.82) is 0 Å². The average molecular weight is 401 g/mol. The molecular formula is C24H48O4. The summed E-state index contributed by atoms with van der Waals surface area (Å²) in [6.45, 7) is 7.75. The van der Waals surface area contributed by atoms with E-state index < -0.39 is 0 Å². The Hall–Kier alpha value is -0.610. The molecule has 0 aliphatic carbocycles. The lowest BCUT2D eigenvalue weighted by molar-refractivity contribution is -0.144. The summed E-state index contributed by atoms with van der Waals surface area (Å²) in [7, 11) is 0. The first-order valence-corrected chi connectivity index (χ1v) is 12.1. The molecule has 0 fully saturated rings. The van der Waals surface area contributed by atoms with Crippen LogP contribution < -0.4 is 0 Å². The van der Waals surface area contributed by atoms with Crippen LogP contribution in [0.1, 0.15) is 117 Å². The van der Waals surface area contributed by atoms with Gasteiger partial charge in [0.05, 0.1) is 19.8 Å². The van der Waals surface area contributed by atoms with Crippen molar-refractivity contribution < 1.29 is 19.0 Å². The Morgan fingerprint density at radius 2 is 0.929 bits per heavy atom. The molecule has 0 unspecified atom stereocenters. The maximum atomic E-state index is 11.6. The largest absolute Gasteiger partial charge is 0.466 e. The van der Waals surface area contributed by atoms with E-state index in [1.54, 1.807) is 0 Å². The molecule has 0 saturated heterocycles. The lowest BCUT2D eigenvalue weighted by atomic mass is 10.1. The second-order valence-electron chi connectivity index (χ2n) is 7.79. The number of esters is 1. The zero-order valence-corrected chi connectivity index (χ0v) is 19.0. The van der Waals surface area contributed by atoms with Gasteiger partial charge in [-0.15, -0.1) is 0 Å². The second-order valence-corrected chi connectivity index (χ2v) is 7.79. The zero-order valence-electron chi connectivity index (χ0n) is 19.0. The fraction of sp³-hybridized carbons (Fsp3) is 0.958. The van der Waals surface area contributed by atoms with E-state index in [4.69, 9.17) is 14.2 Å². The minimum Gasteiger partial charge on any atom is -0.466 e. The normalized spacial score (nSPS) is 11.1. The van der Waals surface area contributed by atoms with Gasteiger partial charge in [-0.25, -0.2) is 0 Å². The van der Waals surface area contributed by atoms with Crippen molar-refractivity contribution >= 4 is 5.97 Å². The Morgan fingerprint density at radius 1 is 0.500 bits per heavy atom. The van der Waals surface area contributed by atoms with Crippen LogP contribution in [-0.4, -0.2) is 39.0 Å². The molecule has 0 aliphatic heterocycles. The van der Waals surface area contributed by atoms with Crippen LogP contribution in [0.2, 0.25) is 0 Å². The third-order valence-electron chi connectivity index (χ3n) is 4.94. The van der Waals surface area contributed by atoms with Gasteiger partial charge in [-0.1, -0.05) is 90.9 Å². The minimum absolute atomic E-state index is 0.0943. The van der Waals surface area contributed by atoms with Gasteiger partial charge in [0.25, 0.3) is 0 Å². The monoisotopic (exact) mass is 400 g/mol. The van der Waals surface area contributed by atoms with E-state index in [9.17, 15) is 4.79 Å². The van der Waals surface area contributed by atoms with Crippen molar-refractivity contribution in [2.75, 3.05) is 33.0 Å². The SMILES string of the molecule is CCCCCCCCCCOCCOCCCC(=O)OCCCCCCCC. The quantitative estimate of drug-likeness (QED) is 0.139. The Kier molecular flexibility index (Phi) is 23.9. The van der Waals surface area contributed by atoms with E-state index in [0.717, 1.165) is 32.3 Å². The molecular weight excluding hydrogens is 352 g/mol. The molecule has 28 heavy (non-hydrogen) atoms. The van der Waals surface area contributed by atoms with Crippen LogP contribution in [0.3, 0.4) is 0 Å². The standard InChI is InChI=1S/C24H48O4/c1-3-5-7-9-11-12-13-15-19-26-22-23-27-20-17-18-24(25)28-21-16-14-10-8-6-4-2/h3-23H2,1-2H3. The fourth-order valence-electron chi connectivity index (χ4n) is 3.12. The van der Waals surface area contributed by atoms with Crippen LogP contribution in [0.15, 0.2) is 0 Å². The van der Waals surface area contributed by atoms with Crippen LogP contribution in [-0.2, 0) is 19.0 Å². The van der Waals surface area contributed by atoms with Crippen molar-refractivity contribution in [1.82, 2.24) is 0 Å². The van der Waals surface area contributed by atoms with Gasteiger partial charge in [-0.2, -0.15) is 0 Å². The van der Waals surface area contributed by atoms with E-state index in [0.29, 0.717) is 32.8 Å². The summed E-state index contributed by atoms with van der Waals surface area (Å²) in [5.74, 6) is -0.0943. The number of hydrogen-bond acceptors (Lipinski definition) is 4. The lowest BCUT2D eigenvalue weighted by Gasteiger charge is -2.07. The molecule has 0 rings (SSSR count). The molecule has 0 saturated carbocycles. The van der Waals surface area contributed by atoms with E-state index >= 15 is 0 Å². The summed E-state index contributed by atoms with van der Waals surface area (Å²) >= 11 is 0. The molecule has 0 amide bonds. The predicted molar refractivity (Wildman–Crippen MR) is 118 cm³/mol. The summed E-state index contributed by atoms with van der Waals surface area (Å²) in [5.41, 5.74) is 0. The molecule has 0 atom stereocenters. The maximum absolute atomic E-state index is 11.6. The van der Waals surface area contributed by atoms with Crippen LogP contribution in [0.4, 0.5) is 0 Å². The summed E-state index contributed by atoms with van der Waals surface area (Å²) in [6, 6.07) is 0. The molecule has 0 aromatic carbocycles. The topological polar surface area (TPSA) is 44.8 Å². The second kappa shape index (κ2) is 24.4. The van der Waals surface area contributed by atoms with Crippen molar-refractivity contribution in [3.05, 3.63) is 0 Å². The van der Waals surface area contributed by atoms with E-state index in [2.05, 4.69) is 13.8 Å². The van der Waals surface area contributed by atoms with Gasteiger partial charge < -0.3 is 14.2 Å². The molecule has 0 aromatic rings. The van der Waals surface area contributed by atoms with Crippen LogP contribution in [0, 0.1) is 0 Å². The molecule has 0 radical (unpaired) electrons. The molecule has 4 nitrogen and oxygen atoms in total. The summed E-state index contributed by atoms with van der Waals surface area (Å²) in [6.07, 6.45) is 19.0. The Balaban J connectivity index is 3.11. The van der Waals surface area contributed by atoms with Gasteiger partial charge in [-0.05, 0) is 19.3 Å². The average Bonchev–Trinajstić information content (AvgIpc) is 2.70. The summed E-state index contributed by atoms with van der Waals surface area (Å²) in [4.78, 5) is 11.6. The van der Waals surface area contributed by atoms with Gasteiger partial charge in [0.2, 0.25) is 0 Å². The van der Waals surface area contributed by atoms with Gasteiger partial charge in [0.15, 0.2) is 0 Å². The molecule has 0 heterocycles. The molecule has 0 N–H and O–H groups in total. The van der Waals surface area contributed by atoms with Gasteiger partial charge in [0, 0.05) is 19.6 Å². The first kappa shape index (κ1) is 27.4. The Labute approximate surface area is 175 Å². The number of ether oxygens (including phenoxy) is 3. The fourth-order valence-corrected chi connectivity index (χ4v) is 3.12. The number of carbonyl (C=O) groups excluding carboxylic acids is 1. The first-order chi connectivity index (χ1) is 13.8. The van der Waals surface area contributed by atoms with Crippen molar-refractivity contribution in [3.63, 3.8) is 0 Å². The number of hydrogen-bond donors (Lipinski definition) is 0. The van der Waals surface area contributed by atoms with Gasteiger partial charge in [0.1, 0.15) is 0 Å². The minimum atomic E-state index is -0.0943. The number of rotatable bonds is 23. The smallest absolute Gasteiger partial charge is 0.305 e. The lowest BCUT2D eigenvalue weighted by Crippen LogP contribution is -2.09. The van der Waals surface area contributed by atoms with Crippen molar-refractivity contribution in [3.8, 4) is 0 Å². The molecule has 168 valence electrons. The maximum Gasteiger partial charge on any atom is 0.305 e. The van der Waals surface area contributed by atoms with E-state index in [-0.39, 0.29) is 5.97 Å². The molecule has 0 spiro atoms. The van der Waals surface area contributed by atoms with Gasteiger partial charge in [-0.3, -0.25) is 4.79 Å². The zero-order chi connectivity index (χ0) is 20.5. The predicted octanol–water partition coefficient (Wildman–Crippen LogP) is 6.84. The highest BCUT2D eigenvalue weighted by atomic mass is 16.5. The van der Waals surface area contributed by atoms with E-state index in [1.807, 2.05) is 0 Å². The highest BCUT2D eigenvalue weighted by Gasteiger charge is 2.02. The highest BCUT2D eigenvalue weighted by molar-refractivity contribution is 5.69. The van der Waals surface area contributed by atoms with Gasteiger partial charge >= 0.3 is 5.97 Å².